The summed E-state index contributed by atoms with van der Waals surface area (Å²) in [5.41, 5.74) is 0.218. The zero-order valence-corrected chi connectivity index (χ0v) is 26.0. The standard InChI is InChI=1S/C27H46N6O4.2ClH/c1-19(2)18-33(21-14-20(15-28-16-21)24(34)32-9-12-37-13-10-32)25(35)22-17-30-26(27(3,4)5)31-23(22)29-8-7-11-36-6;;/h17,19-21,28H,7-16,18H2,1-6H3,(H,29,30,31);2*1H. The van der Waals surface area contributed by atoms with Crippen molar-refractivity contribution < 1.29 is 19.1 Å². The predicted octanol–water partition coefficient (Wildman–Crippen LogP) is 3.00. The van der Waals surface area contributed by atoms with E-state index in [-0.39, 0.29) is 59.9 Å². The van der Waals surface area contributed by atoms with E-state index in [1.165, 1.54) is 0 Å². The highest BCUT2D eigenvalue weighted by atomic mass is 35.5. The minimum absolute atomic E-state index is 0. The summed E-state index contributed by atoms with van der Waals surface area (Å²) in [7, 11) is 1.68. The number of methoxy groups -OCH3 is 1. The first kappa shape index (κ1) is 35.3. The Morgan fingerprint density at radius 3 is 2.54 bits per heavy atom. The Hall–Kier alpha value is -1.72. The summed E-state index contributed by atoms with van der Waals surface area (Å²) in [6, 6.07) is -0.0951. The lowest BCUT2D eigenvalue weighted by Gasteiger charge is -2.40. The minimum Gasteiger partial charge on any atom is -0.385 e. The maximum absolute atomic E-state index is 14.1. The molecule has 0 bridgehead atoms. The van der Waals surface area contributed by atoms with Gasteiger partial charge in [0, 0.05) is 70.6 Å². The van der Waals surface area contributed by atoms with Crippen LogP contribution in [0.1, 0.15) is 63.6 Å². The number of carbonyl (C=O) groups excluding carboxylic acids is 2. The zero-order valence-electron chi connectivity index (χ0n) is 24.3. The molecule has 2 amide bonds. The van der Waals surface area contributed by atoms with Gasteiger partial charge in [-0.3, -0.25) is 9.59 Å². The van der Waals surface area contributed by atoms with Crippen LogP contribution >= 0.6 is 24.8 Å². The van der Waals surface area contributed by atoms with Crippen molar-refractivity contribution in [2.24, 2.45) is 11.8 Å². The molecule has 2 unspecified atom stereocenters. The molecule has 2 saturated heterocycles. The SMILES string of the molecule is COCCCNc1nc(C(C)(C)C)ncc1C(=O)N(CC(C)C)C1CNCC(C(=O)N2CCOCC2)C1.Cl.Cl. The number of nitrogens with one attached hydrogen (secondary N) is 2. The van der Waals surface area contributed by atoms with Crippen LogP contribution in [0.3, 0.4) is 0 Å². The molecule has 1 aromatic heterocycles. The van der Waals surface area contributed by atoms with Gasteiger partial charge in [-0.1, -0.05) is 34.6 Å². The van der Waals surface area contributed by atoms with Crippen molar-refractivity contribution in [3.8, 4) is 0 Å². The van der Waals surface area contributed by atoms with E-state index in [9.17, 15) is 9.59 Å². The summed E-state index contributed by atoms with van der Waals surface area (Å²) in [4.78, 5) is 40.5. The van der Waals surface area contributed by atoms with Gasteiger partial charge < -0.3 is 29.9 Å². The molecule has 0 radical (unpaired) electrons. The van der Waals surface area contributed by atoms with Gasteiger partial charge in [0.05, 0.1) is 19.1 Å². The number of hydrogen-bond acceptors (Lipinski definition) is 8. The molecule has 224 valence electrons. The number of hydrogen-bond donors (Lipinski definition) is 2. The van der Waals surface area contributed by atoms with E-state index in [1.54, 1.807) is 13.3 Å². The number of rotatable bonds is 10. The normalized spacial score (nSPS) is 19.6. The van der Waals surface area contributed by atoms with Crippen LogP contribution in [0.15, 0.2) is 6.20 Å². The van der Waals surface area contributed by atoms with Crippen molar-refractivity contribution in [1.29, 1.82) is 0 Å². The Morgan fingerprint density at radius 1 is 1.23 bits per heavy atom. The van der Waals surface area contributed by atoms with Gasteiger partial charge in [-0.05, 0) is 18.8 Å². The Bertz CT molecular complexity index is 909. The number of ether oxygens (including phenoxy) is 2. The highest BCUT2D eigenvalue weighted by Gasteiger charge is 2.36. The van der Waals surface area contributed by atoms with E-state index < -0.39 is 0 Å². The number of piperidine rings is 1. The topological polar surface area (TPSA) is 109 Å². The van der Waals surface area contributed by atoms with E-state index in [2.05, 4.69) is 50.2 Å². The first-order valence-corrected chi connectivity index (χ1v) is 13.6. The van der Waals surface area contributed by atoms with Crippen LogP contribution in [0.4, 0.5) is 5.82 Å². The first-order valence-electron chi connectivity index (χ1n) is 13.6. The molecule has 2 aliphatic heterocycles. The molecule has 2 N–H and O–H groups in total. The third kappa shape index (κ3) is 10.0. The second kappa shape index (κ2) is 16.5. The maximum atomic E-state index is 14.1. The van der Waals surface area contributed by atoms with Crippen LogP contribution in [0.25, 0.3) is 0 Å². The third-order valence-electron chi connectivity index (χ3n) is 6.77. The summed E-state index contributed by atoms with van der Waals surface area (Å²) in [6.45, 7) is 16.0. The fraction of sp³-hybridized carbons (Fsp3) is 0.778. The Kier molecular flexibility index (Phi) is 15.0. The number of aromatic nitrogens is 2. The van der Waals surface area contributed by atoms with Crippen molar-refractivity contribution in [3.05, 3.63) is 17.6 Å². The molecule has 39 heavy (non-hydrogen) atoms. The number of anilines is 1. The first-order chi connectivity index (χ1) is 17.6. The van der Waals surface area contributed by atoms with Crippen molar-refractivity contribution >= 4 is 42.4 Å². The van der Waals surface area contributed by atoms with E-state index in [0.29, 0.717) is 82.7 Å². The Morgan fingerprint density at radius 2 is 1.92 bits per heavy atom. The van der Waals surface area contributed by atoms with Gasteiger partial charge in [0.1, 0.15) is 17.2 Å². The van der Waals surface area contributed by atoms with E-state index in [4.69, 9.17) is 14.5 Å². The van der Waals surface area contributed by atoms with Gasteiger partial charge in [0.2, 0.25) is 5.91 Å². The monoisotopic (exact) mass is 590 g/mol. The Labute approximate surface area is 246 Å². The van der Waals surface area contributed by atoms with E-state index in [1.807, 2.05) is 9.80 Å². The van der Waals surface area contributed by atoms with Crippen molar-refractivity contribution in [2.45, 2.75) is 58.9 Å². The average molecular weight is 592 g/mol. The fourth-order valence-corrected chi connectivity index (χ4v) is 4.79. The number of halogens is 2. The number of morpholine rings is 1. The highest BCUT2D eigenvalue weighted by Crippen LogP contribution is 2.26. The minimum atomic E-state index is -0.247. The van der Waals surface area contributed by atoms with Gasteiger partial charge in [-0.15, -0.1) is 24.8 Å². The van der Waals surface area contributed by atoms with Gasteiger partial charge in [-0.25, -0.2) is 9.97 Å². The second-order valence-corrected chi connectivity index (χ2v) is 11.5. The van der Waals surface area contributed by atoms with Crippen molar-refractivity contribution in [1.82, 2.24) is 25.1 Å². The van der Waals surface area contributed by atoms with E-state index >= 15 is 0 Å². The molecule has 2 aliphatic rings. The van der Waals surface area contributed by atoms with Crippen LogP contribution in [-0.2, 0) is 19.7 Å². The average Bonchev–Trinajstić information content (AvgIpc) is 2.89. The van der Waals surface area contributed by atoms with Crippen LogP contribution in [0, 0.1) is 11.8 Å². The summed E-state index contributed by atoms with van der Waals surface area (Å²) in [5, 5.41) is 6.78. The lowest BCUT2D eigenvalue weighted by Crippen LogP contribution is -2.56. The van der Waals surface area contributed by atoms with Crippen LogP contribution in [-0.4, -0.2) is 104 Å². The number of nitrogens with zero attached hydrogens (tertiary/aromatic N) is 4. The molecule has 0 aliphatic carbocycles. The Balaban J connectivity index is 0.00000380. The van der Waals surface area contributed by atoms with Gasteiger partial charge >= 0.3 is 0 Å². The molecule has 2 fully saturated rings. The smallest absolute Gasteiger partial charge is 0.259 e. The number of amides is 2. The molecule has 10 nitrogen and oxygen atoms in total. The fourth-order valence-electron chi connectivity index (χ4n) is 4.79. The highest BCUT2D eigenvalue weighted by molar-refractivity contribution is 5.98. The van der Waals surface area contributed by atoms with Gasteiger partial charge in [-0.2, -0.15) is 0 Å². The molecular weight excluding hydrogens is 543 g/mol. The van der Waals surface area contributed by atoms with Gasteiger partial charge in [0.15, 0.2) is 0 Å². The lowest BCUT2D eigenvalue weighted by molar-refractivity contribution is -0.140. The van der Waals surface area contributed by atoms with Crippen molar-refractivity contribution in [3.63, 3.8) is 0 Å². The molecule has 0 saturated carbocycles. The lowest BCUT2D eigenvalue weighted by atomic mass is 9.92. The van der Waals surface area contributed by atoms with Crippen LogP contribution in [0.2, 0.25) is 0 Å². The predicted molar refractivity (Wildman–Crippen MR) is 158 cm³/mol. The summed E-state index contributed by atoms with van der Waals surface area (Å²) in [6.07, 6.45) is 3.10. The summed E-state index contributed by atoms with van der Waals surface area (Å²) >= 11 is 0. The molecule has 0 aromatic carbocycles. The molecule has 3 rings (SSSR count). The van der Waals surface area contributed by atoms with Crippen LogP contribution in [0.5, 0.6) is 0 Å². The second-order valence-electron chi connectivity index (χ2n) is 11.5. The van der Waals surface area contributed by atoms with E-state index in [0.717, 1.165) is 6.42 Å². The summed E-state index contributed by atoms with van der Waals surface area (Å²) in [5.74, 6) is 1.40. The quantitative estimate of drug-likeness (QED) is 0.400. The van der Waals surface area contributed by atoms with Crippen LogP contribution < -0.4 is 10.6 Å². The molecule has 2 atom stereocenters. The maximum Gasteiger partial charge on any atom is 0.259 e. The zero-order chi connectivity index (χ0) is 27.0. The number of carbonyl (C=O) groups is 2. The van der Waals surface area contributed by atoms with Crippen molar-refractivity contribution in [2.75, 3.05) is 71.5 Å². The molecule has 12 heteroatoms. The summed E-state index contributed by atoms with van der Waals surface area (Å²) < 4.78 is 10.6. The largest absolute Gasteiger partial charge is 0.385 e. The molecule has 0 spiro atoms. The molecule has 1 aromatic rings. The third-order valence-corrected chi connectivity index (χ3v) is 6.77. The molecule has 3 heterocycles. The molecular formula is C27H48Cl2N6O4. The van der Waals surface area contributed by atoms with Gasteiger partial charge in [0.25, 0.3) is 5.91 Å².